The highest BCUT2D eigenvalue weighted by Gasteiger charge is 2.19. The second-order valence-corrected chi connectivity index (χ2v) is 4.69. The Kier molecular flexibility index (Phi) is 4.11. The Morgan fingerprint density at radius 2 is 2.32 bits per heavy atom. The highest BCUT2D eigenvalue weighted by molar-refractivity contribution is 6.31. The van der Waals surface area contributed by atoms with Gasteiger partial charge in [0, 0.05) is 31.1 Å². The zero-order valence-electron chi connectivity index (χ0n) is 10.3. The Morgan fingerprint density at radius 3 is 2.95 bits per heavy atom. The number of nitrogen functional groups attached to an aromatic ring is 1. The minimum absolute atomic E-state index is 0.126. The van der Waals surface area contributed by atoms with Crippen molar-refractivity contribution >= 4 is 34.9 Å². The molecule has 0 bridgehead atoms. The smallest absolute Gasteiger partial charge is 0.317 e. The monoisotopic (exact) mass is 282 g/mol. The van der Waals surface area contributed by atoms with E-state index in [1.807, 2.05) is 0 Å². The van der Waals surface area contributed by atoms with Gasteiger partial charge in [0.05, 0.1) is 11.4 Å². The van der Waals surface area contributed by atoms with E-state index in [-0.39, 0.29) is 18.4 Å². The van der Waals surface area contributed by atoms with Crippen molar-refractivity contribution < 1.29 is 9.59 Å². The normalized spacial score (nSPS) is 14.4. The summed E-state index contributed by atoms with van der Waals surface area (Å²) >= 11 is 5.77. The van der Waals surface area contributed by atoms with Gasteiger partial charge >= 0.3 is 6.03 Å². The number of hydrogen-bond acceptors (Lipinski definition) is 3. The van der Waals surface area contributed by atoms with E-state index in [0.29, 0.717) is 36.0 Å². The summed E-state index contributed by atoms with van der Waals surface area (Å²) in [6.45, 7) is 1.66. The van der Waals surface area contributed by atoms with Crippen LogP contribution in [0.3, 0.4) is 0 Å². The van der Waals surface area contributed by atoms with Crippen LogP contribution in [0.5, 0.6) is 0 Å². The van der Waals surface area contributed by atoms with Gasteiger partial charge in [-0.3, -0.25) is 4.79 Å². The van der Waals surface area contributed by atoms with Crippen molar-refractivity contribution in [2.45, 2.75) is 6.42 Å². The number of anilines is 2. The van der Waals surface area contributed by atoms with Gasteiger partial charge in [0.25, 0.3) is 0 Å². The van der Waals surface area contributed by atoms with Gasteiger partial charge in [-0.1, -0.05) is 11.6 Å². The van der Waals surface area contributed by atoms with Gasteiger partial charge in [0.15, 0.2) is 0 Å². The maximum atomic E-state index is 11.8. The van der Waals surface area contributed by atoms with E-state index in [2.05, 4.69) is 10.6 Å². The van der Waals surface area contributed by atoms with Crippen molar-refractivity contribution in [2.75, 3.05) is 30.7 Å². The summed E-state index contributed by atoms with van der Waals surface area (Å²) in [5.41, 5.74) is 6.68. The molecule has 6 nitrogen and oxygen atoms in total. The molecule has 1 aromatic carbocycles. The number of carbonyl (C=O) groups is 2. The second-order valence-electron chi connectivity index (χ2n) is 4.25. The fraction of sp³-hybridized carbons (Fsp3) is 0.333. The molecular weight excluding hydrogens is 268 g/mol. The Labute approximate surface area is 115 Å². The first-order chi connectivity index (χ1) is 9.06. The molecule has 0 radical (unpaired) electrons. The van der Waals surface area contributed by atoms with E-state index >= 15 is 0 Å². The molecule has 1 fully saturated rings. The highest BCUT2D eigenvalue weighted by Crippen LogP contribution is 2.22. The lowest BCUT2D eigenvalue weighted by Crippen LogP contribution is -2.31. The van der Waals surface area contributed by atoms with E-state index in [0.717, 1.165) is 0 Å². The number of rotatable bonds is 4. The van der Waals surface area contributed by atoms with Crippen LogP contribution < -0.4 is 16.4 Å². The average Bonchev–Trinajstić information content (AvgIpc) is 2.76. The summed E-state index contributed by atoms with van der Waals surface area (Å²) in [6, 6.07) is 4.75. The number of nitrogens with zero attached hydrogens (tertiary/aromatic N) is 1. The van der Waals surface area contributed by atoms with Gasteiger partial charge < -0.3 is 21.3 Å². The molecule has 0 atom stereocenters. The van der Waals surface area contributed by atoms with Crippen LogP contribution in [0.15, 0.2) is 18.2 Å². The first-order valence-electron chi connectivity index (χ1n) is 5.94. The van der Waals surface area contributed by atoms with Crippen LogP contribution in [-0.4, -0.2) is 36.5 Å². The molecule has 1 aliphatic heterocycles. The highest BCUT2D eigenvalue weighted by atomic mass is 35.5. The number of halogens is 1. The van der Waals surface area contributed by atoms with E-state index in [1.165, 1.54) is 0 Å². The van der Waals surface area contributed by atoms with Crippen molar-refractivity contribution in [1.29, 1.82) is 0 Å². The lowest BCUT2D eigenvalue weighted by Gasteiger charge is -2.14. The Bertz CT molecular complexity index is 507. The molecule has 1 aromatic rings. The molecule has 1 aliphatic rings. The van der Waals surface area contributed by atoms with Crippen LogP contribution in [0.1, 0.15) is 6.42 Å². The Balaban J connectivity index is 1.85. The zero-order valence-corrected chi connectivity index (χ0v) is 11.0. The number of amides is 3. The Hall–Kier alpha value is -1.95. The molecule has 1 heterocycles. The first kappa shape index (κ1) is 13.5. The van der Waals surface area contributed by atoms with Crippen LogP contribution in [0.2, 0.25) is 5.02 Å². The molecule has 2 rings (SSSR count). The molecule has 0 aliphatic carbocycles. The molecule has 0 unspecified atom stereocenters. The third kappa shape index (κ3) is 3.51. The van der Waals surface area contributed by atoms with Crippen LogP contribution >= 0.6 is 11.6 Å². The number of benzene rings is 1. The van der Waals surface area contributed by atoms with Crippen molar-refractivity contribution in [3.63, 3.8) is 0 Å². The number of nitrogens with one attached hydrogen (secondary N) is 2. The first-order valence-corrected chi connectivity index (χ1v) is 6.32. The fourth-order valence-corrected chi connectivity index (χ4v) is 2.00. The number of hydrogen-bond donors (Lipinski definition) is 3. The van der Waals surface area contributed by atoms with Crippen molar-refractivity contribution in [1.82, 2.24) is 10.2 Å². The molecule has 7 heteroatoms. The largest absolute Gasteiger partial charge is 0.397 e. The lowest BCUT2D eigenvalue weighted by molar-refractivity contribution is -0.116. The minimum Gasteiger partial charge on any atom is -0.397 e. The zero-order chi connectivity index (χ0) is 13.8. The van der Waals surface area contributed by atoms with E-state index in [4.69, 9.17) is 17.3 Å². The predicted molar refractivity (Wildman–Crippen MR) is 74.1 cm³/mol. The molecule has 0 aromatic heterocycles. The quantitative estimate of drug-likeness (QED) is 0.727. The number of nitrogens with two attached hydrogens (primary N) is 1. The maximum absolute atomic E-state index is 11.8. The Morgan fingerprint density at radius 1 is 1.53 bits per heavy atom. The summed E-state index contributed by atoms with van der Waals surface area (Å²) in [7, 11) is 0. The molecule has 1 saturated heterocycles. The third-order valence-electron chi connectivity index (χ3n) is 2.84. The number of urea groups is 1. The van der Waals surface area contributed by atoms with E-state index in [9.17, 15) is 9.59 Å². The standard InChI is InChI=1S/C12H15ClN4O2/c13-8-1-2-10(9(14)7-8)16-11(18)3-5-17-6-4-15-12(17)19/h1-2,7H,3-6,14H2,(H,15,19)(H,16,18). The van der Waals surface area contributed by atoms with Gasteiger partial charge in [-0.05, 0) is 18.2 Å². The molecule has 0 saturated carbocycles. The summed E-state index contributed by atoms with van der Waals surface area (Å²) in [6.07, 6.45) is 0.232. The number of carbonyl (C=O) groups excluding carboxylic acids is 2. The van der Waals surface area contributed by atoms with Gasteiger partial charge in [-0.25, -0.2) is 4.79 Å². The third-order valence-corrected chi connectivity index (χ3v) is 3.08. The van der Waals surface area contributed by atoms with Gasteiger partial charge in [0.2, 0.25) is 5.91 Å². The summed E-state index contributed by atoms with van der Waals surface area (Å²) in [5, 5.41) is 5.89. The topological polar surface area (TPSA) is 87.5 Å². The summed E-state index contributed by atoms with van der Waals surface area (Å²) in [5.74, 6) is -0.186. The second kappa shape index (κ2) is 5.79. The molecule has 3 amide bonds. The van der Waals surface area contributed by atoms with Gasteiger partial charge in [-0.2, -0.15) is 0 Å². The fourth-order valence-electron chi connectivity index (χ4n) is 1.82. The van der Waals surface area contributed by atoms with Crippen molar-refractivity contribution in [3.8, 4) is 0 Å². The SMILES string of the molecule is Nc1cc(Cl)ccc1NC(=O)CCN1CCNC1=O. The summed E-state index contributed by atoms with van der Waals surface area (Å²) in [4.78, 5) is 24.6. The van der Waals surface area contributed by atoms with Crippen molar-refractivity contribution in [2.24, 2.45) is 0 Å². The molecule has 102 valence electrons. The predicted octanol–water partition coefficient (Wildman–Crippen LogP) is 1.28. The summed E-state index contributed by atoms with van der Waals surface area (Å²) < 4.78 is 0. The molecule has 4 N–H and O–H groups in total. The molecule has 19 heavy (non-hydrogen) atoms. The van der Waals surface area contributed by atoms with E-state index in [1.54, 1.807) is 23.1 Å². The maximum Gasteiger partial charge on any atom is 0.317 e. The van der Waals surface area contributed by atoms with Crippen LogP contribution in [0.25, 0.3) is 0 Å². The van der Waals surface area contributed by atoms with Gasteiger partial charge in [0.1, 0.15) is 0 Å². The van der Waals surface area contributed by atoms with Crippen molar-refractivity contribution in [3.05, 3.63) is 23.2 Å². The molecular formula is C12H15ClN4O2. The van der Waals surface area contributed by atoms with Crippen LogP contribution in [0, 0.1) is 0 Å². The van der Waals surface area contributed by atoms with Crippen LogP contribution in [0.4, 0.5) is 16.2 Å². The lowest BCUT2D eigenvalue weighted by atomic mass is 10.2. The van der Waals surface area contributed by atoms with Crippen LogP contribution in [-0.2, 0) is 4.79 Å². The van der Waals surface area contributed by atoms with E-state index < -0.39 is 0 Å². The average molecular weight is 283 g/mol. The molecule has 0 spiro atoms. The minimum atomic E-state index is -0.186. The van der Waals surface area contributed by atoms with Gasteiger partial charge in [-0.15, -0.1) is 0 Å².